The molecule has 5 nitrogen and oxygen atoms in total. The first-order valence-electron chi connectivity index (χ1n) is 7.52. The van der Waals surface area contributed by atoms with Crippen molar-refractivity contribution in [1.82, 2.24) is 15.5 Å². The van der Waals surface area contributed by atoms with E-state index in [-0.39, 0.29) is 11.9 Å². The molecule has 1 amide bonds. The monoisotopic (exact) mass is 323 g/mol. The zero-order chi connectivity index (χ0) is 16.7. The Morgan fingerprint density at radius 1 is 1.29 bits per heavy atom. The predicted octanol–water partition coefficient (Wildman–Crippen LogP) is 3.94. The Balaban J connectivity index is 1.60. The Kier molecular flexibility index (Phi) is 3.30. The third-order valence-electron chi connectivity index (χ3n) is 4.09. The summed E-state index contributed by atoms with van der Waals surface area (Å²) in [6, 6.07) is 9.78. The van der Waals surface area contributed by atoms with Gasteiger partial charge in [-0.1, -0.05) is 6.07 Å². The second kappa shape index (κ2) is 5.49. The lowest BCUT2D eigenvalue weighted by atomic mass is 10.1. The van der Waals surface area contributed by atoms with Crippen molar-refractivity contribution in [3.63, 3.8) is 0 Å². The van der Waals surface area contributed by atoms with Gasteiger partial charge in [-0.15, -0.1) is 0 Å². The fraction of sp³-hybridized carbons (Fsp3) is 0.111. The van der Waals surface area contributed by atoms with Gasteiger partial charge in [-0.3, -0.25) is 9.89 Å². The number of furan rings is 1. The molecule has 0 bridgehead atoms. The van der Waals surface area contributed by atoms with Crippen LogP contribution in [0.2, 0.25) is 0 Å². The lowest BCUT2D eigenvalue weighted by Gasteiger charge is -2.14. The minimum atomic E-state index is -0.398. The van der Waals surface area contributed by atoms with Crippen molar-refractivity contribution in [2.75, 3.05) is 0 Å². The molecule has 0 saturated carbocycles. The van der Waals surface area contributed by atoms with E-state index in [0.717, 1.165) is 16.5 Å². The average molecular weight is 323 g/mol. The van der Waals surface area contributed by atoms with E-state index in [1.54, 1.807) is 12.3 Å². The Labute approximate surface area is 136 Å². The van der Waals surface area contributed by atoms with Crippen LogP contribution in [0.4, 0.5) is 4.39 Å². The lowest BCUT2D eigenvalue weighted by Crippen LogP contribution is -2.26. The number of nitrogens with zero attached hydrogens (tertiary/aromatic N) is 1. The number of amides is 1. The first-order chi connectivity index (χ1) is 11.6. The molecule has 2 N–H and O–H groups in total. The van der Waals surface area contributed by atoms with E-state index in [1.807, 2.05) is 25.1 Å². The molecule has 2 heterocycles. The van der Waals surface area contributed by atoms with Crippen molar-refractivity contribution < 1.29 is 13.6 Å². The molecule has 4 rings (SSSR count). The molecule has 1 atom stereocenters. The highest BCUT2D eigenvalue weighted by molar-refractivity contribution is 6.06. The standard InChI is InChI=1S/C18H14FN3O2/c1-10(11-2-5-16-12(6-11)8-20-22-16)21-18(23)15-9-24-17-7-13(19)3-4-14(15)17/h2-10H,1H3,(H,20,22)(H,21,23). The third-order valence-corrected chi connectivity index (χ3v) is 4.09. The quantitative estimate of drug-likeness (QED) is 0.600. The summed E-state index contributed by atoms with van der Waals surface area (Å²) in [5.41, 5.74) is 2.66. The molecule has 0 aliphatic heterocycles. The van der Waals surface area contributed by atoms with Crippen LogP contribution in [0.15, 0.2) is 53.3 Å². The number of fused-ring (bicyclic) bond motifs is 2. The summed E-state index contributed by atoms with van der Waals surface area (Å²) in [5, 5.41) is 11.4. The van der Waals surface area contributed by atoms with E-state index in [0.29, 0.717) is 16.5 Å². The molecule has 0 spiro atoms. The summed E-state index contributed by atoms with van der Waals surface area (Å²) in [6.07, 6.45) is 3.09. The van der Waals surface area contributed by atoms with Crippen LogP contribution in [0, 0.1) is 5.82 Å². The zero-order valence-electron chi connectivity index (χ0n) is 12.8. The molecule has 4 aromatic rings. The minimum absolute atomic E-state index is 0.192. The molecule has 0 saturated heterocycles. The van der Waals surface area contributed by atoms with Crippen molar-refractivity contribution in [2.45, 2.75) is 13.0 Å². The molecule has 0 aliphatic carbocycles. The summed E-state index contributed by atoms with van der Waals surface area (Å²) in [6.45, 7) is 1.90. The smallest absolute Gasteiger partial charge is 0.255 e. The molecule has 24 heavy (non-hydrogen) atoms. The van der Waals surface area contributed by atoms with Crippen molar-refractivity contribution in [1.29, 1.82) is 0 Å². The van der Waals surface area contributed by atoms with E-state index >= 15 is 0 Å². The van der Waals surface area contributed by atoms with E-state index < -0.39 is 5.82 Å². The molecule has 6 heteroatoms. The van der Waals surface area contributed by atoms with Gasteiger partial charge in [0.15, 0.2) is 0 Å². The number of rotatable bonds is 3. The van der Waals surface area contributed by atoms with Gasteiger partial charge in [0.05, 0.1) is 23.3 Å². The highest BCUT2D eigenvalue weighted by Crippen LogP contribution is 2.24. The first kappa shape index (κ1) is 14.4. The van der Waals surface area contributed by atoms with Crippen LogP contribution in [0.3, 0.4) is 0 Å². The molecule has 0 aliphatic rings. The van der Waals surface area contributed by atoms with Gasteiger partial charge in [-0.2, -0.15) is 5.10 Å². The number of H-pyrrole nitrogens is 1. The van der Waals surface area contributed by atoms with Gasteiger partial charge >= 0.3 is 0 Å². The summed E-state index contributed by atoms with van der Waals surface area (Å²) in [4.78, 5) is 12.5. The normalized spacial score (nSPS) is 12.6. The number of carbonyl (C=O) groups is 1. The maximum Gasteiger partial charge on any atom is 0.255 e. The Hall–Kier alpha value is -3.15. The number of hydrogen-bond acceptors (Lipinski definition) is 3. The average Bonchev–Trinajstić information content (AvgIpc) is 3.19. The maximum atomic E-state index is 13.2. The highest BCUT2D eigenvalue weighted by Gasteiger charge is 2.17. The van der Waals surface area contributed by atoms with E-state index in [4.69, 9.17) is 4.42 Å². The van der Waals surface area contributed by atoms with Crippen molar-refractivity contribution in [2.24, 2.45) is 0 Å². The third kappa shape index (κ3) is 2.42. The van der Waals surface area contributed by atoms with Gasteiger partial charge in [0.25, 0.3) is 5.91 Å². The number of aromatic amines is 1. The summed E-state index contributed by atoms with van der Waals surface area (Å²) in [7, 11) is 0. The number of benzene rings is 2. The van der Waals surface area contributed by atoms with Gasteiger partial charge in [-0.05, 0) is 36.8 Å². The van der Waals surface area contributed by atoms with Crippen LogP contribution in [0.1, 0.15) is 28.9 Å². The van der Waals surface area contributed by atoms with Crippen LogP contribution in [-0.4, -0.2) is 16.1 Å². The second-order valence-corrected chi connectivity index (χ2v) is 5.70. The van der Waals surface area contributed by atoms with Crippen molar-refractivity contribution in [3.05, 3.63) is 65.8 Å². The van der Waals surface area contributed by atoms with Crippen molar-refractivity contribution in [3.8, 4) is 0 Å². The molecule has 0 fully saturated rings. The maximum absolute atomic E-state index is 13.2. The van der Waals surface area contributed by atoms with Gasteiger partial charge in [0, 0.05) is 16.8 Å². The number of carbonyl (C=O) groups excluding carboxylic acids is 1. The van der Waals surface area contributed by atoms with Crippen LogP contribution >= 0.6 is 0 Å². The number of halogens is 1. The molecule has 120 valence electrons. The SMILES string of the molecule is CC(NC(=O)c1coc2cc(F)ccc12)c1ccc2[nH]ncc2c1. The van der Waals surface area contributed by atoms with Gasteiger partial charge in [0.1, 0.15) is 17.7 Å². The van der Waals surface area contributed by atoms with Crippen molar-refractivity contribution >= 4 is 27.8 Å². The fourth-order valence-corrected chi connectivity index (χ4v) is 2.77. The largest absolute Gasteiger partial charge is 0.463 e. The summed E-state index contributed by atoms with van der Waals surface area (Å²) >= 11 is 0. The first-order valence-corrected chi connectivity index (χ1v) is 7.52. The highest BCUT2D eigenvalue weighted by atomic mass is 19.1. The van der Waals surface area contributed by atoms with E-state index in [9.17, 15) is 9.18 Å². The summed E-state index contributed by atoms with van der Waals surface area (Å²) < 4.78 is 18.5. The van der Waals surface area contributed by atoms with Crippen LogP contribution in [0.25, 0.3) is 21.9 Å². The lowest BCUT2D eigenvalue weighted by molar-refractivity contribution is 0.0940. The molecular formula is C18H14FN3O2. The summed E-state index contributed by atoms with van der Waals surface area (Å²) in [5.74, 6) is -0.661. The van der Waals surface area contributed by atoms with Gasteiger partial charge in [-0.25, -0.2) is 4.39 Å². The Morgan fingerprint density at radius 3 is 3.04 bits per heavy atom. The number of nitrogens with one attached hydrogen (secondary N) is 2. The van der Waals surface area contributed by atoms with E-state index in [1.165, 1.54) is 18.4 Å². The molecular weight excluding hydrogens is 309 g/mol. The minimum Gasteiger partial charge on any atom is -0.463 e. The number of hydrogen-bond donors (Lipinski definition) is 2. The van der Waals surface area contributed by atoms with Gasteiger partial charge < -0.3 is 9.73 Å². The fourth-order valence-electron chi connectivity index (χ4n) is 2.77. The van der Waals surface area contributed by atoms with E-state index in [2.05, 4.69) is 15.5 Å². The molecule has 2 aromatic heterocycles. The van der Waals surface area contributed by atoms with Crippen LogP contribution in [0.5, 0.6) is 0 Å². The molecule has 2 aromatic carbocycles. The molecule has 0 radical (unpaired) electrons. The number of aromatic nitrogens is 2. The Bertz CT molecular complexity index is 1050. The topological polar surface area (TPSA) is 70.9 Å². The molecule has 1 unspecified atom stereocenters. The predicted molar refractivity (Wildman–Crippen MR) is 88.1 cm³/mol. The second-order valence-electron chi connectivity index (χ2n) is 5.70. The Morgan fingerprint density at radius 2 is 2.17 bits per heavy atom. The van der Waals surface area contributed by atoms with Crippen LogP contribution in [-0.2, 0) is 0 Å². The van der Waals surface area contributed by atoms with Crippen LogP contribution < -0.4 is 5.32 Å². The zero-order valence-corrected chi connectivity index (χ0v) is 12.8. The van der Waals surface area contributed by atoms with Gasteiger partial charge in [0.2, 0.25) is 0 Å².